The molecule has 1 aliphatic heterocycles. The average Bonchev–Trinajstić information content (AvgIpc) is 2.28. The Bertz CT molecular complexity index is 387. The van der Waals surface area contributed by atoms with E-state index in [1.165, 1.54) is 12.7 Å². The van der Waals surface area contributed by atoms with Crippen LogP contribution in [0.3, 0.4) is 0 Å². The van der Waals surface area contributed by atoms with Crippen LogP contribution in [-0.2, 0) is 11.2 Å². The van der Waals surface area contributed by atoms with E-state index < -0.39 is 0 Å². The number of esters is 1. The molecule has 0 amide bonds. The van der Waals surface area contributed by atoms with Crippen molar-refractivity contribution in [3.63, 3.8) is 0 Å². The summed E-state index contributed by atoms with van der Waals surface area (Å²) < 4.78 is 4.78. The van der Waals surface area contributed by atoms with Crippen molar-refractivity contribution < 1.29 is 9.53 Å². The molecule has 0 radical (unpaired) electrons. The SMILES string of the molecule is COC(=O)c1cccc2c1CCN[C@H]2C. The Morgan fingerprint density at radius 2 is 2.33 bits per heavy atom. The normalized spacial score (nSPS) is 19.5. The van der Waals surface area contributed by atoms with E-state index in [0.717, 1.165) is 18.5 Å². The van der Waals surface area contributed by atoms with Gasteiger partial charge in [0.2, 0.25) is 0 Å². The van der Waals surface area contributed by atoms with Crippen molar-refractivity contribution in [2.45, 2.75) is 19.4 Å². The third-order valence-corrected chi connectivity index (χ3v) is 2.91. The van der Waals surface area contributed by atoms with Gasteiger partial charge in [0, 0.05) is 6.04 Å². The molecule has 3 heteroatoms. The predicted octanol–water partition coefficient (Wildman–Crippen LogP) is 1.68. The Morgan fingerprint density at radius 3 is 3.07 bits per heavy atom. The summed E-state index contributed by atoms with van der Waals surface area (Å²) in [5, 5.41) is 3.37. The first-order valence-corrected chi connectivity index (χ1v) is 5.17. The smallest absolute Gasteiger partial charge is 0.338 e. The topological polar surface area (TPSA) is 38.3 Å². The van der Waals surface area contributed by atoms with E-state index in [2.05, 4.69) is 18.3 Å². The molecule has 0 aliphatic carbocycles. The lowest BCUT2D eigenvalue weighted by Crippen LogP contribution is -2.29. The summed E-state index contributed by atoms with van der Waals surface area (Å²) >= 11 is 0. The minimum absolute atomic E-state index is 0.235. The van der Waals surface area contributed by atoms with E-state index in [4.69, 9.17) is 4.74 Å². The van der Waals surface area contributed by atoms with Crippen LogP contribution in [0.5, 0.6) is 0 Å². The maximum atomic E-state index is 11.5. The molecule has 0 fully saturated rings. The molecule has 1 aliphatic rings. The zero-order valence-electron chi connectivity index (χ0n) is 9.04. The monoisotopic (exact) mass is 205 g/mol. The van der Waals surface area contributed by atoms with E-state index in [9.17, 15) is 4.79 Å². The number of methoxy groups -OCH3 is 1. The van der Waals surface area contributed by atoms with Crippen LogP contribution >= 0.6 is 0 Å². The fourth-order valence-corrected chi connectivity index (χ4v) is 2.11. The Balaban J connectivity index is 2.49. The highest BCUT2D eigenvalue weighted by atomic mass is 16.5. The van der Waals surface area contributed by atoms with Crippen LogP contribution in [0.25, 0.3) is 0 Å². The van der Waals surface area contributed by atoms with Crippen LogP contribution in [0.15, 0.2) is 18.2 Å². The van der Waals surface area contributed by atoms with Crippen LogP contribution in [0.1, 0.15) is 34.5 Å². The second-order valence-corrected chi connectivity index (χ2v) is 3.79. The Labute approximate surface area is 89.4 Å². The number of benzene rings is 1. The minimum atomic E-state index is -0.235. The van der Waals surface area contributed by atoms with Crippen LogP contribution < -0.4 is 5.32 Å². The number of hydrogen-bond donors (Lipinski definition) is 1. The first-order valence-electron chi connectivity index (χ1n) is 5.17. The van der Waals surface area contributed by atoms with E-state index in [1.54, 1.807) is 0 Å². The fraction of sp³-hybridized carbons (Fsp3) is 0.417. The van der Waals surface area contributed by atoms with Crippen molar-refractivity contribution >= 4 is 5.97 Å². The van der Waals surface area contributed by atoms with Crippen molar-refractivity contribution in [2.24, 2.45) is 0 Å². The minimum Gasteiger partial charge on any atom is -0.465 e. The maximum Gasteiger partial charge on any atom is 0.338 e. The molecule has 3 nitrogen and oxygen atoms in total. The lowest BCUT2D eigenvalue weighted by atomic mass is 9.91. The molecule has 15 heavy (non-hydrogen) atoms. The standard InChI is InChI=1S/C12H15NO2/c1-8-9-4-3-5-11(12(14)15-2)10(9)6-7-13-8/h3-5,8,13H,6-7H2,1-2H3/t8-/m0/s1. The Kier molecular flexibility index (Phi) is 2.73. The molecule has 0 unspecified atom stereocenters. The van der Waals surface area contributed by atoms with Gasteiger partial charge in [-0.05, 0) is 37.1 Å². The van der Waals surface area contributed by atoms with Gasteiger partial charge in [-0.3, -0.25) is 0 Å². The Morgan fingerprint density at radius 1 is 1.53 bits per heavy atom. The summed E-state index contributed by atoms with van der Waals surface area (Å²) in [4.78, 5) is 11.5. The molecule has 1 heterocycles. The average molecular weight is 205 g/mol. The summed E-state index contributed by atoms with van der Waals surface area (Å²) in [5.74, 6) is -0.235. The molecular weight excluding hydrogens is 190 g/mol. The lowest BCUT2D eigenvalue weighted by Gasteiger charge is -2.25. The van der Waals surface area contributed by atoms with Gasteiger partial charge < -0.3 is 10.1 Å². The van der Waals surface area contributed by atoms with Gasteiger partial charge in [-0.2, -0.15) is 0 Å². The van der Waals surface area contributed by atoms with Gasteiger partial charge in [0.25, 0.3) is 0 Å². The molecule has 1 atom stereocenters. The first kappa shape index (κ1) is 10.2. The van der Waals surface area contributed by atoms with Gasteiger partial charge in [-0.25, -0.2) is 4.79 Å². The van der Waals surface area contributed by atoms with Gasteiger partial charge in [0.05, 0.1) is 12.7 Å². The summed E-state index contributed by atoms with van der Waals surface area (Å²) in [5.41, 5.74) is 3.06. The van der Waals surface area contributed by atoms with Crippen LogP contribution in [-0.4, -0.2) is 19.6 Å². The number of carbonyl (C=O) groups is 1. The largest absolute Gasteiger partial charge is 0.465 e. The van der Waals surface area contributed by atoms with Crippen molar-refractivity contribution in [3.05, 3.63) is 34.9 Å². The van der Waals surface area contributed by atoms with Gasteiger partial charge in [-0.1, -0.05) is 12.1 Å². The van der Waals surface area contributed by atoms with E-state index in [0.29, 0.717) is 11.6 Å². The maximum absolute atomic E-state index is 11.5. The van der Waals surface area contributed by atoms with Crippen LogP contribution in [0.4, 0.5) is 0 Å². The molecule has 0 aromatic heterocycles. The fourth-order valence-electron chi connectivity index (χ4n) is 2.11. The van der Waals surface area contributed by atoms with Gasteiger partial charge >= 0.3 is 5.97 Å². The van der Waals surface area contributed by atoms with Gasteiger partial charge in [0.1, 0.15) is 0 Å². The molecule has 1 aromatic rings. The third kappa shape index (κ3) is 1.75. The molecule has 2 rings (SSSR count). The number of hydrogen-bond acceptors (Lipinski definition) is 3. The summed E-state index contributed by atoms with van der Waals surface area (Å²) in [6.45, 7) is 3.03. The van der Waals surface area contributed by atoms with Gasteiger partial charge in [-0.15, -0.1) is 0 Å². The number of ether oxygens (including phenoxy) is 1. The predicted molar refractivity (Wildman–Crippen MR) is 57.9 cm³/mol. The molecular formula is C12H15NO2. The molecule has 1 aromatic carbocycles. The van der Waals surface area contributed by atoms with E-state index >= 15 is 0 Å². The molecule has 0 spiro atoms. The van der Waals surface area contributed by atoms with Crippen molar-refractivity contribution in [2.75, 3.05) is 13.7 Å². The number of nitrogens with one attached hydrogen (secondary N) is 1. The highest BCUT2D eigenvalue weighted by Crippen LogP contribution is 2.25. The second kappa shape index (κ2) is 4.03. The lowest BCUT2D eigenvalue weighted by molar-refractivity contribution is 0.0599. The highest BCUT2D eigenvalue weighted by Gasteiger charge is 2.21. The third-order valence-electron chi connectivity index (χ3n) is 2.91. The number of carbonyl (C=O) groups excluding carboxylic acids is 1. The Hall–Kier alpha value is -1.35. The van der Waals surface area contributed by atoms with Crippen molar-refractivity contribution in [3.8, 4) is 0 Å². The van der Waals surface area contributed by atoms with Crippen LogP contribution in [0, 0.1) is 0 Å². The zero-order valence-corrected chi connectivity index (χ0v) is 9.04. The van der Waals surface area contributed by atoms with E-state index in [-0.39, 0.29) is 5.97 Å². The van der Waals surface area contributed by atoms with E-state index in [1.807, 2.05) is 12.1 Å². The zero-order chi connectivity index (χ0) is 10.8. The van der Waals surface area contributed by atoms with Crippen molar-refractivity contribution in [1.29, 1.82) is 0 Å². The molecule has 0 saturated carbocycles. The van der Waals surface area contributed by atoms with Crippen molar-refractivity contribution in [1.82, 2.24) is 5.32 Å². The second-order valence-electron chi connectivity index (χ2n) is 3.79. The number of rotatable bonds is 1. The van der Waals surface area contributed by atoms with Gasteiger partial charge in [0.15, 0.2) is 0 Å². The summed E-state index contributed by atoms with van der Waals surface area (Å²) in [6.07, 6.45) is 0.894. The first-order chi connectivity index (χ1) is 7.24. The number of fused-ring (bicyclic) bond motifs is 1. The molecule has 0 saturated heterocycles. The molecule has 1 N–H and O–H groups in total. The highest BCUT2D eigenvalue weighted by molar-refractivity contribution is 5.91. The summed E-state index contributed by atoms with van der Waals surface area (Å²) in [6, 6.07) is 6.13. The molecule has 80 valence electrons. The van der Waals surface area contributed by atoms with Crippen LogP contribution in [0.2, 0.25) is 0 Å². The summed E-state index contributed by atoms with van der Waals surface area (Å²) in [7, 11) is 1.42. The quantitative estimate of drug-likeness (QED) is 0.709. The molecule has 0 bridgehead atoms.